The molecule has 0 fully saturated rings. The van der Waals surface area contributed by atoms with Gasteiger partial charge in [-0.2, -0.15) is 8.42 Å². The first-order valence-corrected chi connectivity index (χ1v) is 7.84. The Bertz CT molecular complexity index is 717. The molecule has 0 amide bonds. The summed E-state index contributed by atoms with van der Waals surface area (Å²) in [6.45, 7) is 2.45. The number of sulfonamides is 1. The zero-order valence-corrected chi connectivity index (χ0v) is 12.6. The summed E-state index contributed by atoms with van der Waals surface area (Å²) >= 11 is 0. The van der Waals surface area contributed by atoms with Crippen molar-refractivity contribution in [2.45, 2.75) is 11.9 Å². The zero-order valence-electron chi connectivity index (χ0n) is 11.7. The van der Waals surface area contributed by atoms with Crippen molar-refractivity contribution in [3.8, 4) is 0 Å². The third-order valence-corrected chi connectivity index (χ3v) is 4.68. The number of aromatic nitrogens is 1. The van der Waals surface area contributed by atoms with E-state index in [4.69, 9.17) is 0 Å². The van der Waals surface area contributed by atoms with Gasteiger partial charge in [-0.3, -0.25) is 4.31 Å². The number of nitrogens with one attached hydrogen (secondary N) is 1. The molecule has 0 aliphatic rings. The van der Waals surface area contributed by atoms with E-state index in [1.165, 1.54) is 37.5 Å². The SMILES string of the molecule is CCNc1cccnc1S(=O)(=O)N(C)c1ccc(F)cc1. The van der Waals surface area contributed by atoms with Gasteiger partial charge in [-0.15, -0.1) is 0 Å². The Morgan fingerprint density at radius 3 is 2.52 bits per heavy atom. The molecule has 0 saturated heterocycles. The van der Waals surface area contributed by atoms with E-state index >= 15 is 0 Å². The maximum atomic E-state index is 12.9. The van der Waals surface area contributed by atoms with Gasteiger partial charge < -0.3 is 5.32 Å². The molecule has 0 atom stereocenters. The lowest BCUT2D eigenvalue weighted by Gasteiger charge is -2.20. The van der Waals surface area contributed by atoms with E-state index in [0.29, 0.717) is 17.9 Å². The minimum atomic E-state index is -3.82. The smallest absolute Gasteiger partial charge is 0.283 e. The van der Waals surface area contributed by atoms with Crippen LogP contribution >= 0.6 is 0 Å². The van der Waals surface area contributed by atoms with Crippen LogP contribution in [0.2, 0.25) is 0 Å². The highest BCUT2D eigenvalue weighted by molar-refractivity contribution is 7.92. The van der Waals surface area contributed by atoms with Crippen molar-refractivity contribution in [1.29, 1.82) is 0 Å². The number of halogens is 1. The van der Waals surface area contributed by atoms with Crippen LogP contribution in [0.3, 0.4) is 0 Å². The van der Waals surface area contributed by atoms with E-state index in [9.17, 15) is 12.8 Å². The molecule has 0 aliphatic carbocycles. The van der Waals surface area contributed by atoms with E-state index in [1.54, 1.807) is 12.1 Å². The van der Waals surface area contributed by atoms with Crippen molar-refractivity contribution in [1.82, 2.24) is 4.98 Å². The first-order valence-electron chi connectivity index (χ1n) is 6.40. The summed E-state index contributed by atoms with van der Waals surface area (Å²) in [7, 11) is -2.41. The highest BCUT2D eigenvalue weighted by Crippen LogP contribution is 2.25. The molecule has 5 nitrogen and oxygen atoms in total. The normalized spacial score (nSPS) is 11.2. The van der Waals surface area contributed by atoms with Gasteiger partial charge in [0.2, 0.25) is 0 Å². The molecular weight excluding hydrogens is 293 g/mol. The van der Waals surface area contributed by atoms with Crippen LogP contribution in [0.15, 0.2) is 47.6 Å². The molecule has 1 aromatic carbocycles. The Kier molecular flexibility index (Phi) is 4.42. The number of hydrogen-bond acceptors (Lipinski definition) is 4. The number of benzene rings is 1. The lowest BCUT2D eigenvalue weighted by Crippen LogP contribution is -2.28. The molecule has 1 N–H and O–H groups in total. The molecule has 112 valence electrons. The molecule has 0 saturated carbocycles. The van der Waals surface area contributed by atoms with Crippen LogP contribution in [0, 0.1) is 5.82 Å². The maximum absolute atomic E-state index is 12.9. The fourth-order valence-electron chi connectivity index (χ4n) is 1.84. The third-order valence-electron chi connectivity index (χ3n) is 2.93. The van der Waals surface area contributed by atoms with Crippen molar-refractivity contribution < 1.29 is 12.8 Å². The second-order valence-corrected chi connectivity index (χ2v) is 6.22. The molecule has 0 spiro atoms. The van der Waals surface area contributed by atoms with Gasteiger partial charge in [0.15, 0.2) is 5.03 Å². The van der Waals surface area contributed by atoms with Crippen molar-refractivity contribution in [2.24, 2.45) is 0 Å². The topological polar surface area (TPSA) is 62.3 Å². The van der Waals surface area contributed by atoms with E-state index in [2.05, 4.69) is 10.3 Å². The molecule has 0 bridgehead atoms. The van der Waals surface area contributed by atoms with E-state index < -0.39 is 15.8 Å². The van der Waals surface area contributed by atoms with Gasteiger partial charge in [0, 0.05) is 19.8 Å². The van der Waals surface area contributed by atoms with Gasteiger partial charge in [-0.1, -0.05) is 0 Å². The predicted octanol–water partition coefficient (Wildman–Crippen LogP) is 2.48. The number of rotatable bonds is 5. The molecule has 7 heteroatoms. The maximum Gasteiger partial charge on any atom is 0.283 e. The van der Waals surface area contributed by atoms with Crippen LogP contribution in [0.5, 0.6) is 0 Å². The largest absolute Gasteiger partial charge is 0.383 e. The van der Waals surface area contributed by atoms with Crippen LogP contribution in [0.25, 0.3) is 0 Å². The molecule has 0 unspecified atom stereocenters. The van der Waals surface area contributed by atoms with Crippen molar-refractivity contribution in [2.75, 3.05) is 23.2 Å². The van der Waals surface area contributed by atoms with E-state index in [0.717, 1.165) is 4.31 Å². The lowest BCUT2D eigenvalue weighted by atomic mass is 10.3. The van der Waals surface area contributed by atoms with Crippen molar-refractivity contribution in [3.05, 3.63) is 48.4 Å². The monoisotopic (exact) mass is 309 g/mol. The Morgan fingerprint density at radius 2 is 1.90 bits per heavy atom. The van der Waals surface area contributed by atoms with Crippen LogP contribution < -0.4 is 9.62 Å². The molecule has 0 radical (unpaired) electrons. The first kappa shape index (κ1) is 15.2. The Morgan fingerprint density at radius 1 is 1.24 bits per heavy atom. The minimum absolute atomic E-state index is 0.0568. The number of pyridine rings is 1. The number of nitrogens with zero attached hydrogens (tertiary/aromatic N) is 2. The molecule has 1 aromatic heterocycles. The van der Waals surface area contributed by atoms with E-state index in [-0.39, 0.29) is 5.03 Å². The van der Waals surface area contributed by atoms with Gasteiger partial charge in [0.1, 0.15) is 5.82 Å². The minimum Gasteiger partial charge on any atom is -0.383 e. The molecule has 2 rings (SSSR count). The predicted molar refractivity (Wildman–Crippen MR) is 80.4 cm³/mol. The summed E-state index contributed by atoms with van der Waals surface area (Å²) in [4.78, 5) is 3.97. The molecule has 2 aromatic rings. The summed E-state index contributed by atoms with van der Waals surface area (Å²) in [6, 6.07) is 8.55. The summed E-state index contributed by atoms with van der Waals surface area (Å²) < 4.78 is 39.3. The quantitative estimate of drug-likeness (QED) is 0.921. The molecular formula is C14H16FN3O2S. The van der Waals surface area contributed by atoms with Gasteiger partial charge in [0.05, 0.1) is 11.4 Å². The van der Waals surface area contributed by atoms with E-state index in [1.807, 2.05) is 6.92 Å². The van der Waals surface area contributed by atoms with Crippen LogP contribution in [0.1, 0.15) is 6.92 Å². The van der Waals surface area contributed by atoms with Gasteiger partial charge in [-0.05, 0) is 43.3 Å². The second-order valence-electron chi connectivity index (χ2n) is 4.34. The lowest BCUT2D eigenvalue weighted by molar-refractivity contribution is 0.590. The summed E-state index contributed by atoms with van der Waals surface area (Å²) in [5.74, 6) is -0.421. The first-order chi connectivity index (χ1) is 9.96. The number of hydrogen-bond donors (Lipinski definition) is 1. The van der Waals surface area contributed by atoms with Crippen molar-refractivity contribution in [3.63, 3.8) is 0 Å². The molecule has 0 aliphatic heterocycles. The van der Waals surface area contributed by atoms with Crippen molar-refractivity contribution >= 4 is 21.4 Å². The molecule has 1 heterocycles. The summed E-state index contributed by atoms with van der Waals surface area (Å²) in [5, 5.41) is 2.91. The Labute approximate surface area is 123 Å². The van der Waals surface area contributed by atoms with Gasteiger partial charge >= 0.3 is 0 Å². The standard InChI is InChI=1S/C14H16FN3O2S/c1-3-16-13-5-4-10-17-14(13)21(19,20)18(2)12-8-6-11(15)7-9-12/h4-10,16H,3H2,1-2H3. The fraction of sp³-hybridized carbons (Fsp3) is 0.214. The highest BCUT2D eigenvalue weighted by Gasteiger charge is 2.25. The van der Waals surface area contributed by atoms with Crippen LogP contribution in [-0.4, -0.2) is 27.0 Å². The second kappa shape index (κ2) is 6.09. The third kappa shape index (κ3) is 3.13. The average molecular weight is 309 g/mol. The van der Waals surface area contributed by atoms with Gasteiger partial charge in [-0.25, -0.2) is 9.37 Å². The Hall–Kier alpha value is -2.15. The van der Waals surface area contributed by atoms with Crippen LogP contribution in [-0.2, 0) is 10.0 Å². The average Bonchev–Trinajstić information content (AvgIpc) is 2.48. The van der Waals surface area contributed by atoms with Crippen LogP contribution in [0.4, 0.5) is 15.8 Å². The fourth-order valence-corrected chi connectivity index (χ4v) is 3.11. The Balaban J connectivity index is 2.44. The summed E-state index contributed by atoms with van der Waals surface area (Å²) in [5.41, 5.74) is 0.804. The summed E-state index contributed by atoms with van der Waals surface area (Å²) in [6.07, 6.45) is 1.42. The highest BCUT2D eigenvalue weighted by atomic mass is 32.2. The molecule has 21 heavy (non-hydrogen) atoms. The number of anilines is 2. The van der Waals surface area contributed by atoms with Gasteiger partial charge in [0.25, 0.3) is 10.0 Å². The zero-order chi connectivity index (χ0) is 15.5.